The van der Waals surface area contributed by atoms with E-state index in [0.29, 0.717) is 36.4 Å². The summed E-state index contributed by atoms with van der Waals surface area (Å²) >= 11 is 12.3. The van der Waals surface area contributed by atoms with Crippen molar-refractivity contribution in [3.05, 3.63) is 87.9 Å². The van der Waals surface area contributed by atoms with Gasteiger partial charge in [-0.05, 0) is 42.7 Å². The van der Waals surface area contributed by atoms with Gasteiger partial charge in [0.15, 0.2) is 5.79 Å². The van der Waals surface area contributed by atoms with Crippen LogP contribution < -0.4 is 0 Å². The van der Waals surface area contributed by atoms with E-state index in [-0.39, 0.29) is 6.10 Å². The average molecular weight is 461 g/mol. The minimum Gasteiger partial charge on any atom is -0.374 e. The molecule has 0 spiro atoms. The molecule has 1 saturated heterocycles. The van der Waals surface area contributed by atoms with Crippen LogP contribution in [0.2, 0.25) is 10.0 Å². The highest BCUT2D eigenvalue weighted by Gasteiger charge is 2.41. The zero-order chi connectivity index (χ0) is 21.7. The van der Waals surface area contributed by atoms with Gasteiger partial charge < -0.3 is 18.8 Å². The molecular formula is C24H26Cl2N2O3. The van der Waals surface area contributed by atoms with Gasteiger partial charge in [-0.25, -0.2) is 4.98 Å². The first-order chi connectivity index (χ1) is 15.0. The van der Waals surface area contributed by atoms with Gasteiger partial charge in [0.1, 0.15) is 6.10 Å². The van der Waals surface area contributed by atoms with E-state index in [0.717, 1.165) is 18.4 Å². The lowest BCUT2D eigenvalue weighted by atomic mass is 10.0. The molecule has 1 aliphatic heterocycles. The maximum Gasteiger partial charge on any atom is 0.187 e. The van der Waals surface area contributed by atoms with Gasteiger partial charge in [0.2, 0.25) is 0 Å². The molecule has 0 radical (unpaired) electrons. The molecule has 164 valence electrons. The standard InChI is InChI=1S/C24H26Cl2N2O3/c1-18-2-4-19(5-3-18)8-9-24(16-28-11-10-27-17-28)30-15-22(31-24)14-29-13-20-12-21(25)6-7-23(20)26/h2-7,10-12,17,22H,8-9,13-16H2,1H3. The molecule has 0 saturated carbocycles. The molecule has 3 aromatic rings. The van der Waals surface area contributed by atoms with E-state index in [4.69, 9.17) is 37.4 Å². The van der Waals surface area contributed by atoms with E-state index < -0.39 is 5.79 Å². The normalized spacial score (nSPS) is 20.9. The number of ether oxygens (including phenoxy) is 3. The van der Waals surface area contributed by atoms with Crippen LogP contribution in [0.4, 0.5) is 0 Å². The Hall–Kier alpha value is -1.89. The first-order valence-corrected chi connectivity index (χ1v) is 11.1. The number of halogens is 2. The molecule has 1 fully saturated rings. The number of hydrogen-bond acceptors (Lipinski definition) is 4. The van der Waals surface area contributed by atoms with Crippen molar-refractivity contribution in [1.82, 2.24) is 9.55 Å². The van der Waals surface area contributed by atoms with Gasteiger partial charge in [-0.3, -0.25) is 0 Å². The predicted octanol–water partition coefficient (Wildman–Crippen LogP) is 5.46. The van der Waals surface area contributed by atoms with Crippen LogP contribution in [0.15, 0.2) is 61.2 Å². The van der Waals surface area contributed by atoms with Crippen molar-refractivity contribution < 1.29 is 14.2 Å². The van der Waals surface area contributed by atoms with Crippen molar-refractivity contribution >= 4 is 23.2 Å². The molecule has 0 aliphatic carbocycles. The number of imidazole rings is 1. The van der Waals surface area contributed by atoms with Crippen LogP contribution in [-0.4, -0.2) is 34.7 Å². The molecule has 2 atom stereocenters. The first-order valence-electron chi connectivity index (χ1n) is 10.4. The second-order valence-corrected chi connectivity index (χ2v) is 8.78. The average Bonchev–Trinajstić information content (AvgIpc) is 3.41. The zero-order valence-corrected chi connectivity index (χ0v) is 19.0. The highest BCUT2D eigenvalue weighted by molar-refractivity contribution is 6.33. The number of nitrogens with zero attached hydrogens (tertiary/aromatic N) is 2. The predicted molar refractivity (Wildman–Crippen MR) is 121 cm³/mol. The third-order valence-electron chi connectivity index (χ3n) is 5.38. The first kappa shape index (κ1) is 22.3. The van der Waals surface area contributed by atoms with Crippen molar-refractivity contribution in [2.75, 3.05) is 13.2 Å². The van der Waals surface area contributed by atoms with Gasteiger partial charge in [-0.15, -0.1) is 0 Å². The molecule has 1 aliphatic rings. The smallest absolute Gasteiger partial charge is 0.187 e. The fourth-order valence-corrected chi connectivity index (χ4v) is 4.06. The Labute approximate surface area is 192 Å². The third-order valence-corrected chi connectivity index (χ3v) is 5.98. The third kappa shape index (κ3) is 6.09. The van der Waals surface area contributed by atoms with E-state index in [1.165, 1.54) is 11.1 Å². The van der Waals surface area contributed by atoms with E-state index in [9.17, 15) is 0 Å². The molecule has 1 aromatic heterocycles. The molecule has 0 amide bonds. The van der Waals surface area contributed by atoms with Gasteiger partial charge >= 0.3 is 0 Å². The van der Waals surface area contributed by atoms with Gasteiger partial charge in [0, 0.05) is 28.9 Å². The fourth-order valence-electron chi connectivity index (χ4n) is 3.69. The number of benzene rings is 2. The Morgan fingerprint density at radius 3 is 2.81 bits per heavy atom. The van der Waals surface area contributed by atoms with E-state index >= 15 is 0 Å². The Kier molecular flexibility index (Phi) is 7.31. The number of aromatic nitrogens is 2. The second kappa shape index (κ2) is 10.2. The summed E-state index contributed by atoms with van der Waals surface area (Å²) in [4.78, 5) is 4.14. The maximum absolute atomic E-state index is 6.40. The summed E-state index contributed by atoms with van der Waals surface area (Å²) in [5, 5.41) is 1.28. The number of hydrogen-bond donors (Lipinski definition) is 0. The number of rotatable bonds is 9. The quantitative estimate of drug-likeness (QED) is 0.425. The molecule has 4 rings (SSSR count). The minimum atomic E-state index is -0.715. The zero-order valence-electron chi connectivity index (χ0n) is 17.5. The lowest BCUT2D eigenvalue weighted by molar-refractivity contribution is -0.187. The molecule has 31 heavy (non-hydrogen) atoms. The van der Waals surface area contributed by atoms with Gasteiger partial charge in [0.05, 0.1) is 32.7 Å². The number of aryl methyl sites for hydroxylation is 2. The lowest BCUT2D eigenvalue weighted by Crippen LogP contribution is -2.37. The largest absolute Gasteiger partial charge is 0.374 e. The Morgan fingerprint density at radius 1 is 1.19 bits per heavy atom. The summed E-state index contributed by atoms with van der Waals surface area (Å²) in [6.07, 6.45) is 6.92. The van der Waals surface area contributed by atoms with E-state index in [1.807, 2.05) is 16.8 Å². The molecule has 7 heteroatoms. The summed E-state index contributed by atoms with van der Waals surface area (Å²) in [5.41, 5.74) is 3.37. The highest BCUT2D eigenvalue weighted by atomic mass is 35.5. The van der Waals surface area contributed by atoms with E-state index in [1.54, 1.807) is 24.7 Å². The fraction of sp³-hybridized carbons (Fsp3) is 0.375. The molecule has 2 aromatic carbocycles. The van der Waals surface area contributed by atoms with Crippen LogP contribution in [0.25, 0.3) is 0 Å². The molecule has 5 nitrogen and oxygen atoms in total. The molecule has 2 heterocycles. The summed E-state index contributed by atoms with van der Waals surface area (Å²) in [7, 11) is 0. The van der Waals surface area contributed by atoms with Crippen LogP contribution >= 0.6 is 23.2 Å². The van der Waals surface area contributed by atoms with Crippen LogP contribution in [0.3, 0.4) is 0 Å². The van der Waals surface area contributed by atoms with Crippen LogP contribution in [-0.2, 0) is 33.8 Å². The summed E-state index contributed by atoms with van der Waals surface area (Å²) in [6, 6.07) is 13.9. The lowest BCUT2D eigenvalue weighted by Gasteiger charge is -2.28. The van der Waals surface area contributed by atoms with Gasteiger partial charge in [-0.1, -0.05) is 53.0 Å². The van der Waals surface area contributed by atoms with E-state index in [2.05, 4.69) is 36.2 Å². The molecular weight excluding hydrogens is 435 g/mol. The van der Waals surface area contributed by atoms with Crippen LogP contribution in [0.5, 0.6) is 0 Å². The Morgan fingerprint density at radius 2 is 2.03 bits per heavy atom. The van der Waals surface area contributed by atoms with Gasteiger partial charge in [-0.2, -0.15) is 0 Å². The van der Waals surface area contributed by atoms with Gasteiger partial charge in [0.25, 0.3) is 0 Å². The summed E-state index contributed by atoms with van der Waals surface area (Å²) in [5.74, 6) is -0.715. The Bertz CT molecular complexity index is 979. The monoisotopic (exact) mass is 460 g/mol. The minimum absolute atomic E-state index is 0.153. The van der Waals surface area contributed by atoms with Crippen molar-refractivity contribution in [3.63, 3.8) is 0 Å². The van der Waals surface area contributed by atoms with Crippen molar-refractivity contribution in [1.29, 1.82) is 0 Å². The maximum atomic E-state index is 6.40. The molecule has 0 bridgehead atoms. The topological polar surface area (TPSA) is 45.5 Å². The Balaban J connectivity index is 1.36. The summed E-state index contributed by atoms with van der Waals surface area (Å²) in [6.45, 7) is 3.94. The molecule has 2 unspecified atom stereocenters. The summed E-state index contributed by atoms with van der Waals surface area (Å²) < 4.78 is 20.5. The molecule has 0 N–H and O–H groups in total. The van der Waals surface area contributed by atoms with Crippen molar-refractivity contribution in [2.45, 2.75) is 44.8 Å². The second-order valence-electron chi connectivity index (χ2n) is 7.93. The highest BCUT2D eigenvalue weighted by Crippen LogP contribution is 2.31. The SMILES string of the molecule is Cc1ccc(CCC2(Cn3ccnc3)OCC(COCc3cc(Cl)ccc3Cl)O2)cc1. The van der Waals surface area contributed by atoms with Crippen molar-refractivity contribution in [2.24, 2.45) is 0 Å². The van der Waals surface area contributed by atoms with Crippen molar-refractivity contribution in [3.8, 4) is 0 Å². The van der Waals surface area contributed by atoms with Crippen LogP contribution in [0.1, 0.15) is 23.1 Å². The van der Waals surface area contributed by atoms with Crippen LogP contribution in [0, 0.1) is 6.92 Å².